The van der Waals surface area contributed by atoms with Crippen LogP contribution in [0, 0.1) is 0 Å². The first-order valence-electron chi connectivity index (χ1n) is 6.14. The summed E-state index contributed by atoms with van der Waals surface area (Å²) >= 11 is 0. The fourth-order valence-corrected chi connectivity index (χ4v) is 0.824. The summed E-state index contributed by atoms with van der Waals surface area (Å²) in [7, 11) is 0. The molecule has 0 saturated carbocycles. The van der Waals surface area contributed by atoms with Crippen molar-refractivity contribution in [1.82, 2.24) is 0 Å². The molecule has 0 heterocycles. The maximum Gasteiger partial charge on any atom is 0.385 e. The summed E-state index contributed by atoms with van der Waals surface area (Å²) < 4.78 is 3.86. The molecular weight excluding hydrogens is 352 g/mol. The summed E-state index contributed by atoms with van der Waals surface area (Å²) in [5, 5.41) is 49.6. The first kappa shape index (κ1) is 23.6. The van der Waals surface area contributed by atoms with Gasteiger partial charge in [-0.15, -0.1) is 0 Å². The second kappa shape index (κ2) is 11.9. The molecule has 0 aliphatic rings. The molecule has 0 spiro atoms. The monoisotopic (exact) mass is 366 g/mol. The lowest BCUT2D eigenvalue weighted by Gasteiger charge is -2.01. The second-order valence-corrected chi connectivity index (χ2v) is 3.95. The minimum atomic E-state index is -1.99. The highest BCUT2D eigenvalue weighted by molar-refractivity contribution is 6.00. The summed E-state index contributed by atoms with van der Waals surface area (Å²) in [4.78, 5) is 61.0. The van der Waals surface area contributed by atoms with Gasteiger partial charge in [0.15, 0.2) is 0 Å². The zero-order valence-electron chi connectivity index (χ0n) is 12.4. The normalized spacial score (nSPS) is 10.4. The van der Waals surface area contributed by atoms with Gasteiger partial charge in [0.1, 0.15) is 0 Å². The number of carboxylic acid groups (broad SMARTS) is 4. The fraction of sp³-hybridized carbons (Fsp3) is 0.333. The minimum absolute atomic E-state index is 0.296. The molecule has 0 bridgehead atoms. The molecule has 0 radical (unpaired) electrons. The summed E-state index contributed by atoms with van der Waals surface area (Å²) in [6.45, 7) is 0. The summed E-state index contributed by atoms with van der Waals surface area (Å²) in [5.74, 6) is -11.8. The fourth-order valence-electron chi connectivity index (χ4n) is 0.824. The van der Waals surface area contributed by atoms with Gasteiger partial charge in [0, 0.05) is 0 Å². The zero-order valence-corrected chi connectivity index (χ0v) is 12.4. The Bertz CT molecular complexity index is 572. The molecule has 25 heavy (non-hydrogen) atoms. The quantitative estimate of drug-likeness (QED) is 0.135. The Kier molecular flexibility index (Phi) is 11.2. The van der Waals surface area contributed by atoms with Crippen LogP contribution in [0.2, 0.25) is 0 Å². The lowest BCUT2D eigenvalue weighted by atomic mass is 10.3. The van der Waals surface area contributed by atoms with E-state index in [1.54, 1.807) is 0 Å². The summed E-state index contributed by atoms with van der Waals surface area (Å²) in [6.07, 6.45) is -1.83. The molecule has 0 fully saturated rings. The maximum absolute atomic E-state index is 10.8. The van der Waals surface area contributed by atoms with Crippen LogP contribution in [-0.4, -0.2) is 66.5 Å². The van der Waals surface area contributed by atoms with Crippen molar-refractivity contribution >= 4 is 35.8 Å². The Morgan fingerprint density at radius 1 is 0.560 bits per heavy atom. The second-order valence-electron chi connectivity index (χ2n) is 3.95. The van der Waals surface area contributed by atoms with Crippen molar-refractivity contribution in [2.24, 2.45) is 0 Å². The first-order chi connectivity index (χ1) is 11.4. The van der Waals surface area contributed by atoms with E-state index in [1.165, 1.54) is 0 Å². The minimum Gasteiger partial charge on any atom is -0.499 e. The van der Waals surface area contributed by atoms with Crippen LogP contribution in [0.25, 0.3) is 0 Å². The molecule has 0 saturated heterocycles. The van der Waals surface area contributed by atoms with Crippen LogP contribution in [0.3, 0.4) is 0 Å². The van der Waals surface area contributed by atoms with Crippen LogP contribution >= 0.6 is 0 Å². The van der Waals surface area contributed by atoms with Gasteiger partial charge in [-0.05, 0) is 0 Å². The Morgan fingerprint density at radius 2 is 0.920 bits per heavy atom. The van der Waals surface area contributed by atoms with Crippen molar-refractivity contribution in [1.29, 1.82) is 0 Å². The molecule has 0 aliphatic heterocycles. The molecule has 0 aromatic heterocycles. The van der Waals surface area contributed by atoms with Crippen molar-refractivity contribution in [3.8, 4) is 0 Å². The van der Waals surface area contributed by atoms with Gasteiger partial charge in [-0.25, -0.2) is 9.59 Å². The van der Waals surface area contributed by atoms with Crippen LogP contribution in [0.5, 0.6) is 0 Å². The Labute approximate surface area is 138 Å². The van der Waals surface area contributed by atoms with Crippen LogP contribution in [0.1, 0.15) is 25.7 Å². The van der Waals surface area contributed by atoms with Gasteiger partial charge in [-0.1, -0.05) is 0 Å². The Hall–Kier alpha value is -3.64. The van der Waals surface area contributed by atoms with Crippen molar-refractivity contribution in [2.45, 2.75) is 25.7 Å². The number of aliphatic carboxylic acids is 4. The van der Waals surface area contributed by atoms with E-state index in [2.05, 4.69) is 4.74 Å². The molecule has 13 heteroatoms. The van der Waals surface area contributed by atoms with Gasteiger partial charge in [-0.2, -0.15) is 0 Å². The molecule has 0 atom stereocenters. The molecule has 13 nitrogen and oxygen atoms in total. The van der Waals surface area contributed by atoms with Gasteiger partial charge in [0.2, 0.25) is 0 Å². The number of esters is 2. The Balaban J connectivity index is 0. The number of carbonyl (C=O) groups excluding carboxylic acids is 2. The van der Waals surface area contributed by atoms with E-state index in [0.29, 0.717) is 0 Å². The highest BCUT2D eigenvalue weighted by Gasteiger charge is 2.23. The van der Waals surface area contributed by atoms with Crippen molar-refractivity contribution in [3.05, 3.63) is 11.5 Å². The highest BCUT2D eigenvalue weighted by atomic mass is 16.6. The average Bonchev–Trinajstić information content (AvgIpc) is 2.49. The van der Waals surface area contributed by atoms with E-state index < -0.39 is 60.2 Å². The first-order valence-corrected chi connectivity index (χ1v) is 6.14. The SMILES string of the molecule is O=C(O)CCC(=O)O.O=C(O)CCC(=O)OC(=O)/C(O)=C(/O)C(=O)O. The molecule has 0 unspecified atom stereocenters. The lowest BCUT2D eigenvalue weighted by Crippen LogP contribution is -2.18. The van der Waals surface area contributed by atoms with Gasteiger partial charge in [-0.3, -0.25) is 19.2 Å². The lowest BCUT2D eigenvalue weighted by molar-refractivity contribution is -0.160. The number of aliphatic hydroxyl groups excluding tert-OH is 2. The van der Waals surface area contributed by atoms with Crippen LogP contribution in [0.15, 0.2) is 11.5 Å². The summed E-state index contributed by atoms with van der Waals surface area (Å²) in [5.41, 5.74) is 0. The number of aliphatic hydroxyl groups is 2. The van der Waals surface area contributed by atoms with E-state index >= 15 is 0 Å². The standard InChI is InChI=1S/C8H8O9.C4H6O4/c9-3(10)1-2-4(11)17-8(16)6(13)5(12)7(14)15;5-3(6)1-2-4(7)8/h12-13H,1-2H2,(H,9,10)(H,14,15);1-2H2,(H,5,6)(H,7,8)/b6-5-;. The predicted octanol–water partition coefficient (Wildman–Crippen LogP) is -0.731. The molecular formula is C12H14O13. The number of ether oxygens (including phenoxy) is 1. The third kappa shape index (κ3) is 13.7. The van der Waals surface area contributed by atoms with Crippen molar-refractivity contribution in [3.63, 3.8) is 0 Å². The topological polar surface area (TPSA) is 233 Å². The smallest absolute Gasteiger partial charge is 0.385 e. The van der Waals surface area contributed by atoms with E-state index in [9.17, 15) is 28.8 Å². The zero-order chi connectivity index (χ0) is 20.2. The van der Waals surface area contributed by atoms with Gasteiger partial charge in [0.25, 0.3) is 11.5 Å². The van der Waals surface area contributed by atoms with Gasteiger partial charge >= 0.3 is 35.8 Å². The van der Waals surface area contributed by atoms with E-state index in [0.717, 1.165) is 0 Å². The highest BCUT2D eigenvalue weighted by Crippen LogP contribution is 2.03. The van der Waals surface area contributed by atoms with Crippen LogP contribution in [-0.2, 0) is 33.5 Å². The van der Waals surface area contributed by atoms with E-state index in [-0.39, 0.29) is 12.8 Å². The third-order valence-electron chi connectivity index (χ3n) is 1.92. The van der Waals surface area contributed by atoms with E-state index in [4.69, 9.17) is 30.6 Å². The van der Waals surface area contributed by atoms with Gasteiger partial charge in [0.05, 0.1) is 25.7 Å². The van der Waals surface area contributed by atoms with Gasteiger partial charge < -0.3 is 35.4 Å². The van der Waals surface area contributed by atoms with Crippen LogP contribution in [0.4, 0.5) is 0 Å². The van der Waals surface area contributed by atoms with Crippen molar-refractivity contribution in [2.75, 3.05) is 0 Å². The molecule has 0 amide bonds. The third-order valence-corrected chi connectivity index (χ3v) is 1.92. The van der Waals surface area contributed by atoms with Crippen molar-refractivity contribution < 1.29 is 64.1 Å². The molecule has 6 N–H and O–H groups in total. The largest absolute Gasteiger partial charge is 0.499 e. The molecule has 0 aromatic rings. The number of hydrogen-bond acceptors (Lipinski definition) is 9. The summed E-state index contributed by atoms with van der Waals surface area (Å²) in [6, 6.07) is 0. The average molecular weight is 366 g/mol. The number of rotatable bonds is 8. The van der Waals surface area contributed by atoms with Crippen LogP contribution < -0.4 is 0 Å². The number of hydrogen-bond donors (Lipinski definition) is 6. The molecule has 0 rings (SSSR count). The molecule has 140 valence electrons. The predicted molar refractivity (Wildman–Crippen MR) is 72.4 cm³/mol. The molecule has 0 aromatic carbocycles. The number of carboxylic acids is 4. The maximum atomic E-state index is 10.8. The van der Waals surface area contributed by atoms with E-state index in [1.807, 2.05) is 0 Å². The molecule has 0 aliphatic carbocycles. The number of carbonyl (C=O) groups is 6. The Morgan fingerprint density at radius 3 is 1.24 bits per heavy atom.